The number of hydrogen-bond acceptors (Lipinski definition) is 5. The van der Waals surface area contributed by atoms with Crippen molar-refractivity contribution in [3.05, 3.63) is 23.6 Å². The predicted molar refractivity (Wildman–Crippen MR) is 74.1 cm³/mol. The zero-order chi connectivity index (χ0) is 14.1. The largest absolute Gasteiger partial charge is 0.465 e. The van der Waals surface area contributed by atoms with Crippen LogP contribution in [0.25, 0.3) is 0 Å². The fourth-order valence-corrected chi connectivity index (χ4v) is 1.53. The van der Waals surface area contributed by atoms with Gasteiger partial charge in [0.2, 0.25) is 5.91 Å². The number of amides is 1. The second-order valence-corrected chi connectivity index (χ2v) is 4.29. The Labute approximate surface area is 112 Å². The van der Waals surface area contributed by atoms with Gasteiger partial charge in [0.1, 0.15) is 12.4 Å². The van der Waals surface area contributed by atoms with Gasteiger partial charge in [-0.3, -0.25) is 14.5 Å². The summed E-state index contributed by atoms with van der Waals surface area (Å²) in [6.07, 6.45) is 0. The number of amidine groups is 1. The average molecular weight is 270 g/mol. The predicted octanol–water partition coefficient (Wildman–Crippen LogP) is 2.16. The van der Waals surface area contributed by atoms with Crippen LogP contribution in [0.4, 0.5) is 0 Å². The molecule has 0 heterocycles. The normalized spacial score (nSPS) is 10.7. The van der Waals surface area contributed by atoms with Gasteiger partial charge in [0.25, 0.3) is 0 Å². The number of nitrogens with zero attached hydrogens (tertiary/aromatic N) is 2. The molecule has 0 fully saturated rings. The molecule has 0 aliphatic heterocycles. The highest BCUT2D eigenvalue weighted by Crippen LogP contribution is 2.15. The molecule has 0 aromatic carbocycles. The van der Waals surface area contributed by atoms with Crippen molar-refractivity contribution in [2.45, 2.75) is 20.8 Å². The number of carbonyl (C=O) groups is 2. The molecule has 0 rings (SSSR count). The van der Waals surface area contributed by atoms with Crippen LogP contribution in [0.1, 0.15) is 20.8 Å². The maximum Gasteiger partial charge on any atom is 0.326 e. The van der Waals surface area contributed by atoms with E-state index in [0.29, 0.717) is 10.9 Å². The van der Waals surface area contributed by atoms with Gasteiger partial charge in [0, 0.05) is 6.92 Å². The zero-order valence-corrected chi connectivity index (χ0v) is 11.7. The van der Waals surface area contributed by atoms with Crippen molar-refractivity contribution < 1.29 is 14.3 Å². The summed E-state index contributed by atoms with van der Waals surface area (Å²) in [7, 11) is 0. The van der Waals surface area contributed by atoms with E-state index < -0.39 is 5.97 Å². The topological polar surface area (TPSA) is 59.0 Å². The van der Waals surface area contributed by atoms with Gasteiger partial charge < -0.3 is 4.74 Å². The summed E-state index contributed by atoms with van der Waals surface area (Å²) in [4.78, 5) is 28.2. The molecule has 0 radical (unpaired) electrons. The van der Waals surface area contributed by atoms with E-state index in [1.165, 1.54) is 23.6 Å². The van der Waals surface area contributed by atoms with Crippen LogP contribution in [-0.4, -0.2) is 35.8 Å². The lowest BCUT2D eigenvalue weighted by Gasteiger charge is -2.19. The van der Waals surface area contributed by atoms with Crippen molar-refractivity contribution in [2.75, 3.05) is 13.2 Å². The third kappa shape index (κ3) is 6.24. The van der Waals surface area contributed by atoms with Crippen LogP contribution in [0, 0.1) is 0 Å². The van der Waals surface area contributed by atoms with Gasteiger partial charge in [-0.2, -0.15) is 0 Å². The number of carbonyl (C=O) groups excluding carboxylic acids is 2. The first kappa shape index (κ1) is 16.4. The Morgan fingerprint density at radius 3 is 2.50 bits per heavy atom. The molecule has 0 atom stereocenters. The van der Waals surface area contributed by atoms with Gasteiger partial charge in [0.15, 0.2) is 0 Å². The summed E-state index contributed by atoms with van der Waals surface area (Å²) in [6, 6.07) is 0. The number of ether oxygens (including phenoxy) is 1. The molecule has 0 N–H and O–H groups in total. The quantitative estimate of drug-likeness (QED) is 0.421. The van der Waals surface area contributed by atoms with Crippen molar-refractivity contribution in [2.24, 2.45) is 4.99 Å². The highest BCUT2D eigenvalue weighted by Gasteiger charge is 2.17. The van der Waals surface area contributed by atoms with Gasteiger partial charge in [0.05, 0.1) is 11.6 Å². The van der Waals surface area contributed by atoms with E-state index in [2.05, 4.69) is 18.2 Å². The van der Waals surface area contributed by atoms with Crippen LogP contribution >= 0.6 is 11.8 Å². The first-order chi connectivity index (χ1) is 8.42. The van der Waals surface area contributed by atoms with E-state index in [-0.39, 0.29) is 19.1 Å². The average Bonchev–Trinajstić information content (AvgIpc) is 2.25. The summed E-state index contributed by atoms with van der Waals surface area (Å²) in [6.45, 7) is 12.1. The van der Waals surface area contributed by atoms with E-state index in [1.54, 1.807) is 19.3 Å². The molecule has 6 heteroatoms. The minimum atomic E-state index is -0.468. The lowest BCUT2D eigenvalue weighted by atomic mass is 10.4. The first-order valence-electron chi connectivity index (χ1n) is 5.37. The van der Waals surface area contributed by atoms with E-state index >= 15 is 0 Å². The van der Waals surface area contributed by atoms with Gasteiger partial charge in [-0.05, 0) is 19.3 Å². The molecule has 0 aromatic rings. The molecule has 0 aliphatic rings. The molecule has 0 aliphatic carbocycles. The van der Waals surface area contributed by atoms with Crippen LogP contribution < -0.4 is 0 Å². The summed E-state index contributed by atoms with van der Waals surface area (Å²) < 4.78 is 4.79. The Balaban J connectivity index is 4.78. The number of rotatable bonds is 6. The summed E-state index contributed by atoms with van der Waals surface area (Å²) in [5.41, 5.74) is 0. The van der Waals surface area contributed by atoms with Crippen LogP contribution in [0.3, 0.4) is 0 Å². The zero-order valence-electron chi connectivity index (χ0n) is 10.9. The van der Waals surface area contributed by atoms with Crippen molar-refractivity contribution in [1.82, 2.24) is 4.90 Å². The Kier molecular flexibility index (Phi) is 7.78. The second-order valence-electron chi connectivity index (χ2n) is 3.25. The Morgan fingerprint density at radius 1 is 1.44 bits per heavy atom. The molecular formula is C12H18N2O3S. The third-order valence-corrected chi connectivity index (χ3v) is 2.40. The number of hydrogen-bond donors (Lipinski definition) is 0. The second kappa shape index (κ2) is 8.52. The molecule has 0 aromatic heterocycles. The minimum absolute atomic E-state index is 0.148. The van der Waals surface area contributed by atoms with Crippen LogP contribution in [0.2, 0.25) is 0 Å². The summed E-state index contributed by atoms with van der Waals surface area (Å²) in [5, 5.41) is 2.08. The van der Waals surface area contributed by atoms with Crippen LogP contribution in [-0.2, 0) is 14.3 Å². The molecule has 5 nitrogen and oxygen atoms in total. The maximum atomic E-state index is 11.4. The van der Waals surface area contributed by atoms with Gasteiger partial charge >= 0.3 is 5.97 Å². The molecule has 0 unspecified atom stereocenters. The number of esters is 1. The van der Waals surface area contributed by atoms with Gasteiger partial charge in [-0.15, -0.1) is 0 Å². The van der Waals surface area contributed by atoms with E-state index in [0.717, 1.165) is 0 Å². The molecule has 0 spiro atoms. The Hall–Kier alpha value is -1.56. The molecule has 1 amide bonds. The molecule has 18 heavy (non-hydrogen) atoms. The molecule has 0 saturated heterocycles. The lowest BCUT2D eigenvalue weighted by Crippen LogP contribution is -2.38. The van der Waals surface area contributed by atoms with E-state index in [4.69, 9.17) is 4.74 Å². The lowest BCUT2D eigenvalue weighted by molar-refractivity contribution is -0.146. The fraction of sp³-hybridized carbons (Fsp3) is 0.417. The van der Waals surface area contributed by atoms with E-state index in [9.17, 15) is 9.59 Å². The SMILES string of the molecule is C=CSC(=C)/N=C(/C)N(CC(=O)OCC)C(C)=O. The van der Waals surface area contributed by atoms with Crippen LogP contribution in [0.15, 0.2) is 28.6 Å². The Morgan fingerprint density at radius 2 is 2.06 bits per heavy atom. The van der Waals surface area contributed by atoms with Crippen molar-refractivity contribution >= 4 is 29.5 Å². The van der Waals surface area contributed by atoms with Crippen molar-refractivity contribution in [3.8, 4) is 0 Å². The van der Waals surface area contributed by atoms with Gasteiger partial charge in [-0.25, -0.2) is 4.99 Å². The third-order valence-electron chi connectivity index (χ3n) is 1.87. The highest BCUT2D eigenvalue weighted by atomic mass is 32.2. The van der Waals surface area contributed by atoms with Crippen molar-refractivity contribution in [1.29, 1.82) is 0 Å². The summed E-state index contributed by atoms with van der Waals surface area (Å²) >= 11 is 1.25. The minimum Gasteiger partial charge on any atom is -0.465 e. The standard InChI is InChI=1S/C12H18N2O3S/c1-6-17-12(16)8-14(11(5)15)9(3)13-10(4)18-7-2/h7H,2,4,6,8H2,1,3,5H3/b13-9-. The monoisotopic (exact) mass is 270 g/mol. The van der Waals surface area contributed by atoms with Crippen LogP contribution in [0.5, 0.6) is 0 Å². The molecule has 100 valence electrons. The Bertz CT molecular complexity index is 378. The molecule has 0 saturated carbocycles. The smallest absolute Gasteiger partial charge is 0.326 e. The van der Waals surface area contributed by atoms with E-state index in [1.807, 2.05) is 0 Å². The molecular weight excluding hydrogens is 252 g/mol. The number of aliphatic imine (C=N–C) groups is 1. The fourth-order valence-electron chi connectivity index (χ4n) is 1.15. The maximum absolute atomic E-state index is 11.4. The molecule has 0 bridgehead atoms. The highest BCUT2D eigenvalue weighted by molar-refractivity contribution is 8.05. The first-order valence-corrected chi connectivity index (χ1v) is 6.25. The van der Waals surface area contributed by atoms with Gasteiger partial charge in [-0.1, -0.05) is 24.9 Å². The summed E-state index contributed by atoms with van der Waals surface area (Å²) in [5.74, 6) is -0.347. The van der Waals surface area contributed by atoms with Crippen molar-refractivity contribution in [3.63, 3.8) is 0 Å². The number of thioether (sulfide) groups is 1.